The van der Waals surface area contributed by atoms with E-state index in [0.29, 0.717) is 6.42 Å². The van der Waals surface area contributed by atoms with Gasteiger partial charge in [-0.15, -0.1) is 0 Å². The van der Waals surface area contributed by atoms with Crippen LogP contribution in [0.25, 0.3) is 0 Å². The summed E-state index contributed by atoms with van der Waals surface area (Å²) in [5, 5.41) is 4.03. The van der Waals surface area contributed by atoms with Crippen molar-refractivity contribution < 1.29 is 4.79 Å². The summed E-state index contributed by atoms with van der Waals surface area (Å²) in [5.74, 6) is 0.0115. The predicted molar refractivity (Wildman–Crippen MR) is 98.8 cm³/mol. The number of benzene rings is 1. The van der Waals surface area contributed by atoms with Gasteiger partial charge in [-0.1, -0.05) is 83.1 Å². The zero-order valence-corrected chi connectivity index (χ0v) is 14.8. The quantitative estimate of drug-likeness (QED) is 0.320. The van der Waals surface area contributed by atoms with Gasteiger partial charge in [-0.25, -0.2) is 5.43 Å². The van der Waals surface area contributed by atoms with Crippen LogP contribution in [0.3, 0.4) is 0 Å². The van der Waals surface area contributed by atoms with Crippen molar-refractivity contribution in [1.82, 2.24) is 5.43 Å². The van der Waals surface area contributed by atoms with Crippen molar-refractivity contribution in [3.05, 3.63) is 35.4 Å². The number of nitrogens with one attached hydrogen (secondary N) is 1. The van der Waals surface area contributed by atoms with Gasteiger partial charge in [0.1, 0.15) is 0 Å². The third-order valence-corrected chi connectivity index (χ3v) is 3.93. The minimum absolute atomic E-state index is 0.0115. The molecule has 1 N–H and O–H groups in total. The fourth-order valence-electron chi connectivity index (χ4n) is 2.54. The normalized spacial score (nSPS) is 11.0. The second kappa shape index (κ2) is 12.9. The van der Waals surface area contributed by atoms with Crippen molar-refractivity contribution in [3.63, 3.8) is 0 Å². The first kappa shape index (κ1) is 19.4. The Bertz CT molecular complexity index is 451. The average molecular weight is 316 g/mol. The van der Waals surface area contributed by atoms with Gasteiger partial charge in [-0.05, 0) is 24.0 Å². The van der Waals surface area contributed by atoms with Crippen LogP contribution in [0, 0.1) is 0 Å². The largest absolute Gasteiger partial charge is 0.273 e. The standard InChI is InChI=1S/C20H32N2O/c1-3-5-6-7-8-9-10-12-20(23)22-21-17-19-15-13-18(11-4-2)14-16-19/h13-17H,3-12H2,1-2H3,(H,22,23)/b21-17+. The summed E-state index contributed by atoms with van der Waals surface area (Å²) in [4.78, 5) is 11.7. The Labute approximate surface area is 141 Å². The molecule has 0 aromatic heterocycles. The maximum absolute atomic E-state index is 11.7. The monoisotopic (exact) mass is 316 g/mol. The minimum atomic E-state index is 0.0115. The lowest BCUT2D eigenvalue weighted by molar-refractivity contribution is -0.121. The molecule has 1 aromatic rings. The van der Waals surface area contributed by atoms with E-state index in [0.717, 1.165) is 31.2 Å². The van der Waals surface area contributed by atoms with E-state index in [2.05, 4.69) is 36.5 Å². The van der Waals surface area contributed by atoms with E-state index in [1.807, 2.05) is 12.1 Å². The molecule has 3 heteroatoms. The number of nitrogens with zero attached hydrogens (tertiary/aromatic N) is 1. The fraction of sp³-hybridized carbons (Fsp3) is 0.600. The zero-order valence-electron chi connectivity index (χ0n) is 14.8. The number of carbonyl (C=O) groups excluding carboxylic acids is 1. The second-order valence-electron chi connectivity index (χ2n) is 6.16. The average Bonchev–Trinajstić information content (AvgIpc) is 2.56. The molecule has 128 valence electrons. The molecule has 0 saturated carbocycles. The second-order valence-corrected chi connectivity index (χ2v) is 6.16. The lowest BCUT2D eigenvalue weighted by Gasteiger charge is -2.01. The first-order chi connectivity index (χ1) is 11.3. The topological polar surface area (TPSA) is 41.5 Å². The summed E-state index contributed by atoms with van der Waals surface area (Å²) in [6, 6.07) is 8.31. The van der Waals surface area contributed by atoms with Crippen LogP contribution in [0.15, 0.2) is 29.4 Å². The van der Waals surface area contributed by atoms with Crippen molar-refractivity contribution in [2.24, 2.45) is 5.10 Å². The van der Waals surface area contributed by atoms with E-state index in [4.69, 9.17) is 0 Å². The molecule has 0 saturated heterocycles. The molecule has 1 rings (SSSR count). The molecule has 0 fully saturated rings. The molecular weight excluding hydrogens is 284 g/mol. The predicted octanol–water partition coefficient (Wildman–Crippen LogP) is 5.23. The van der Waals surface area contributed by atoms with Gasteiger partial charge >= 0.3 is 0 Å². The van der Waals surface area contributed by atoms with Crippen LogP contribution in [0.4, 0.5) is 0 Å². The Hall–Kier alpha value is -1.64. The summed E-state index contributed by atoms with van der Waals surface area (Å²) in [6.07, 6.45) is 13.1. The molecule has 3 nitrogen and oxygen atoms in total. The maximum atomic E-state index is 11.7. The lowest BCUT2D eigenvalue weighted by Crippen LogP contribution is -2.16. The Balaban J connectivity index is 2.12. The Morgan fingerprint density at radius 1 is 0.957 bits per heavy atom. The van der Waals surface area contributed by atoms with E-state index in [1.165, 1.54) is 37.7 Å². The first-order valence-corrected chi connectivity index (χ1v) is 9.17. The Morgan fingerprint density at radius 2 is 1.61 bits per heavy atom. The van der Waals surface area contributed by atoms with E-state index in [-0.39, 0.29) is 5.91 Å². The van der Waals surface area contributed by atoms with Crippen molar-refractivity contribution in [1.29, 1.82) is 0 Å². The SMILES string of the molecule is CCCCCCCCCC(=O)N/N=C/c1ccc(CCC)cc1. The number of unbranched alkanes of at least 4 members (excludes halogenated alkanes) is 6. The zero-order chi connectivity index (χ0) is 16.8. The molecule has 0 aliphatic rings. The molecule has 0 bridgehead atoms. The summed E-state index contributed by atoms with van der Waals surface area (Å²) in [6.45, 7) is 4.40. The van der Waals surface area contributed by atoms with E-state index in [1.54, 1.807) is 6.21 Å². The highest BCUT2D eigenvalue weighted by atomic mass is 16.2. The fourth-order valence-corrected chi connectivity index (χ4v) is 2.54. The van der Waals surface area contributed by atoms with Crippen molar-refractivity contribution in [2.75, 3.05) is 0 Å². The van der Waals surface area contributed by atoms with Crippen LogP contribution >= 0.6 is 0 Å². The van der Waals surface area contributed by atoms with Gasteiger partial charge in [0.05, 0.1) is 6.21 Å². The van der Waals surface area contributed by atoms with Crippen molar-refractivity contribution in [3.8, 4) is 0 Å². The molecule has 23 heavy (non-hydrogen) atoms. The number of rotatable bonds is 12. The Kier molecular flexibility index (Phi) is 10.9. The van der Waals surface area contributed by atoms with Crippen LogP contribution in [0.2, 0.25) is 0 Å². The van der Waals surface area contributed by atoms with Gasteiger partial charge in [0.25, 0.3) is 0 Å². The molecular formula is C20H32N2O. The van der Waals surface area contributed by atoms with Gasteiger partial charge in [0.2, 0.25) is 5.91 Å². The highest BCUT2D eigenvalue weighted by Gasteiger charge is 1.99. The number of hydrogen-bond acceptors (Lipinski definition) is 2. The van der Waals surface area contributed by atoms with Crippen LogP contribution in [0.5, 0.6) is 0 Å². The van der Waals surface area contributed by atoms with Crippen LogP contribution in [-0.4, -0.2) is 12.1 Å². The van der Waals surface area contributed by atoms with Crippen LogP contribution < -0.4 is 5.43 Å². The summed E-state index contributed by atoms with van der Waals surface area (Å²) in [7, 11) is 0. The highest BCUT2D eigenvalue weighted by Crippen LogP contribution is 2.08. The molecule has 1 aromatic carbocycles. The highest BCUT2D eigenvalue weighted by molar-refractivity contribution is 5.82. The van der Waals surface area contributed by atoms with Crippen LogP contribution in [0.1, 0.15) is 82.8 Å². The third-order valence-electron chi connectivity index (χ3n) is 3.93. The van der Waals surface area contributed by atoms with Gasteiger partial charge in [0.15, 0.2) is 0 Å². The molecule has 0 aliphatic heterocycles. The molecule has 1 amide bonds. The van der Waals surface area contributed by atoms with Gasteiger partial charge < -0.3 is 0 Å². The number of carbonyl (C=O) groups is 1. The summed E-state index contributed by atoms with van der Waals surface area (Å²) >= 11 is 0. The van der Waals surface area contributed by atoms with Gasteiger partial charge in [-0.2, -0.15) is 5.10 Å². The number of hydrazone groups is 1. The Morgan fingerprint density at radius 3 is 2.26 bits per heavy atom. The minimum Gasteiger partial charge on any atom is -0.273 e. The van der Waals surface area contributed by atoms with Crippen LogP contribution in [-0.2, 0) is 11.2 Å². The van der Waals surface area contributed by atoms with E-state index >= 15 is 0 Å². The van der Waals surface area contributed by atoms with E-state index in [9.17, 15) is 4.79 Å². The van der Waals surface area contributed by atoms with Gasteiger partial charge in [0, 0.05) is 6.42 Å². The molecule has 0 heterocycles. The summed E-state index contributed by atoms with van der Waals surface area (Å²) in [5.41, 5.74) is 4.97. The first-order valence-electron chi connectivity index (χ1n) is 9.17. The molecule has 0 radical (unpaired) electrons. The smallest absolute Gasteiger partial charge is 0.240 e. The molecule has 0 unspecified atom stereocenters. The molecule has 0 aliphatic carbocycles. The summed E-state index contributed by atoms with van der Waals surface area (Å²) < 4.78 is 0. The van der Waals surface area contributed by atoms with Crippen molar-refractivity contribution in [2.45, 2.75) is 78.1 Å². The van der Waals surface area contributed by atoms with E-state index < -0.39 is 0 Å². The number of aryl methyl sites for hydroxylation is 1. The molecule has 0 atom stereocenters. The lowest BCUT2D eigenvalue weighted by atomic mass is 10.1. The number of hydrogen-bond donors (Lipinski definition) is 1. The van der Waals surface area contributed by atoms with Crippen molar-refractivity contribution >= 4 is 12.1 Å². The number of amides is 1. The maximum Gasteiger partial charge on any atom is 0.240 e. The van der Waals surface area contributed by atoms with Gasteiger partial charge in [-0.3, -0.25) is 4.79 Å². The third kappa shape index (κ3) is 9.88. The molecule has 0 spiro atoms.